The molecule has 0 radical (unpaired) electrons. The highest BCUT2D eigenvalue weighted by molar-refractivity contribution is 8.00. The molecule has 2 rings (SSSR count). The van der Waals surface area contributed by atoms with Crippen LogP contribution >= 0.6 is 11.8 Å². The fourth-order valence-corrected chi connectivity index (χ4v) is 3.77. The number of carboxylic acid groups (broad SMARTS) is 1. The molecule has 98 valence electrons. The first-order chi connectivity index (χ1) is 8.56. The molecule has 4 nitrogen and oxygen atoms in total. The third kappa shape index (κ3) is 3.23. The van der Waals surface area contributed by atoms with E-state index in [1.807, 2.05) is 11.8 Å². The molecule has 0 saturated carbocycles. The summed E-state index contributed by atoms with van der Waals surface area (Å²) in [5.74, 6) is -0.898. The third-order valence-corrected chi connectivity index (χ3v) is 4.22. The van der Waals surface area contributed by atoms with E-state index in [1.165, 1.54) is 0 Å². The van der Waals surface area contributed by atoms with Gasteiger partial charge in [-0.2, -0.15) is 11.8 Å². The Labute approximate surface area is 111 Å². The van der Waals surface area contributed by atoms with Crippen LogP contribution in [0.4, 0.5) is 0 Å². The van der Waals surface area contributed by atoms with E-state index in [2.05, 4.69) is 23.7 Å². The maximum Gasteiger partial charge on any atom is 0.337 e. The summed E-state index contributed by atoms with van der Waals surface area (Å²) in [4.78, 5) is 17.6. The van der Waals surface area contributed by atoms with Crippen molar-refractivity contribution in [3.63, 3.8) is 0 Å². The summed E-state index contributed by atoms with van der Waals surface area (Å²) in [6, 6.07) is 3.29. The number of hydrogen-bond donors (Lipinski definition) is 1. The van der Waals surface area contributed by atoms with Gasteiger partial charge in [0.1, 0.15) is 0 Å². The molecule has 5 heteroatoms. The summed E-state index contributed by atoms with van der Waals surface area (Å²) in [6.07, 6.45) is 1.66. The van der Waals surface area contributed by atoms with Gasteiger partial charge in [-0.1, -0.05) is 13.8 Å². The minimum absolute atomic E-state index is 0.316. The van der Waals surface area contributed by atoms with Crippen molar-refractivity contribution < 1.29 is 9.90 Å². The van der Waals surface area contributed by atoms with E-state index in [1.54, 1.807) is 18.3 Å². The lowest BCUT2D eigenvalue weighted by molar-refractivity contribution is 0.0693. The van der Waals surface area contributed by atoms with Crippen LogP contribution in [0.25, 0.3) is 0 Å². The van der Waals surface area contributed by atoms with Gasteiger partial charge in [-0.05, 0) is 12.1 Å². The van der Waals surface area contributed by atoms with Gasteiger partial charge >= 0.3 is 5.97 Å². The van der Waals surface area contributed by atoms with Crippen LogP contribution in [0.1, 0.15) is 29.9 Å². The lowest BCUT2D eigenvalue weighted by Gasteiger charge is -2.34. The topological polar surface area (TPSA) is 53.4 Å². The fourth-order valence-electron chi connectivity index (χ4n) is 2.38. The number of pyridine rings is 1. The van der Waals surface area contributed by atoms with E-state index in [0.717, 1.165) is 13.1 Å². The third-order valence-electron chi connectivity index (χ3n) is 2.99. The number of carboxylic acids is 1. The van der Waals surface area contributed by atoms with Crippen molar-refractivity contribution in [1.82, 2.24) is 9.88 Å². The Bertz CT molecular complexity index is 429. The maximum absolute atomic E-state index is 11.1. The van der Waals surface area contributed by atoms with Gasteiger partial charge in [0.05, 0.1) is 11.3 Å². The fraction of sp³-hybridized carbons (Fsp3) is 0.538. The predicted molar refractivity (Wildman–Crippen MR) is 73.0 cm³/mol. The monoisotopic (exact) mass is 266 g/mol. The SMILES string of the molecule is CC1CN(Cc2ncccc2C(=O)O)CC(C)S1. The molecule has 1 aliphatic rings. The van der Waals surface area contributed by atoms with Crippen LogP contribution in [0.2, 0.25) is 0 Å². The minimum atomic E-state index is -0.898. The number of rotatable bonds is 3. The molecule has 2 heterocycles. The summed E-state index contributed by atoms with van der Waals surface area (Å²) in [5.41, 5.74) is 0.979. The van der Waals surface area contributed by atoms with Crippen molar-refractivity contribution >= 4 is 17.7 Å². The molecular formula is C13H18N2O2S. The van der Waals surface area contributed by atoms with Crippen molar-refractivity contribution in [1.29, 1.82) is 0 Å². The van der Waals surface area contributed by atoms with Crippen molar-refractivity contribution in [3.8, 4) is 0 Å². The zero-order valence-corrected chi connectivity index (χ0v) is 11.5. The van der Waals surface area contributed by atoms with Crippen LogP contribution in [0, 0.1) is 0 Å². The van der Waals surface area contributed by atoms with Crippen LogP contribution in [0.5, 0.6) is 0 Å². The molecule has 1 saturated heterocycles. The van der Waals surface area contributed by atoms with E-state index in [0.29, 0.717) is 28.3 Å². The largest absolute Gasteiger partial charge is 0.478 e. The molecule has 2 unspecified atom stereocenters. The molecule has 1 N–H and O–H groups in total. The van der Waals surface area contributed by atoms with Gasteiger partial charge in [-0.15, -0.1) is 0 Å². The van der Waals surface area contributed by atoms with Crippen LogP contribution in [-0.4, -0.2) is 44.5 Å². The van der Waals surface area contributed by atoms with Gasteiger partial charge in [-0.3, -0.25) is 9.88 Å². The highest BCUT2D eigenvalue weighted by Gasteiger charge is 2.23. The Kier molecular flexibility index (Phi) is 4.24. The lowest BCUT2D eigenvalue weighted by Crippen LogP contribution is -2.40. The number of aromatic nitrogens is 1. The summed E-state index contributed by atoms with van der Waals surface area (Å²) in [5, 5.41) is 10.3. The first kappa shape index (κ1) is 13.4. The Morgan fingerprint density at radius 1 is 1.50 bits per heavy atom. The minimum Gasteiger partial charge on any atom is -0.478 e. The molecule has 18 heavy (non-hydrogen) atoms. The van der Waals surface area contributed by atoms with E-state index >= 15 is 0 Å². The average Bonchev–Trinajstić information content (AvgIpc) is 2.27. The van der Waals surface area contributed by atoms with Gasteiger partial charge in [0.25, 0.3) is 0 Å². The Balaban J connectivity index is 2.11. The molecule has 1 aromatic heterocycles. The highest BCUT2D eigenvalue weighted by Crippen LogP contribution is 2.25. The van der Waals surface area contributed by atoms with Crippen LogP contribution < -0.4 is 0 Å². The molecule has 1 aliphatic heterocycles. The number of aromatic carboxylic acids is 1. The lowest BCUT2D eigenvalue weighted by atomic mass is 10.1. The zero-order chi connectivity index (χ0) is 13.1. The van der Waals surface area contributed by atoms with Gasteiger partial charge in [0.15, 0.2) is 0 Å². The Morgan fingerprint density at radius 2 is 2.17 bits per heavy atom. The molecule has 0 bridgehead atoms. The van der Waals surface area contributed by atoms with Crippen molar-refractivity contribution in [3.05, 3.63) is 29.6 Å². The van der Waals surface area contributed by atoms with Gasteiger partial charge in [-0.25, -0.2) is 4.79 Å². The quantitative estimate of drug-likeness (QED) is 0.908. The van der Waals surface area contributed by atoms with Crippen molar-refractivity contribution in [2.24, 2.45) is 0 Å². The summed E-state index contributed by atoms with van der Waals surface area (Å²) < 4.78 is 0. The van der Waals surface area contributed by atoms with Crippen LogP contribution in [-0.2, 0) is 6.54 Å². The summed E-state index contributed by atoms with van der Waals surface area (Å²) in [7, 11) is 0. The second-order valence-corrected chi connectivity index (χ2v) is 6.64. The molecule has 0 aromatic carbocycles. The van der Waals surface area contributed by atoms with E-state index < -0.39 is 5.97 Å². The molecule has 1 fully saturated rings. The van der Waals surface area contributed by atoms with Crippen LogP contribution in [0.3, 0.4) is 0 Å². The van der Waals surface area contributed by atoms with E-state index in [-0.39, 0.29) is 0 Å². The van der Waals surface area contributed by atoms with Gasteiger partial charge < -0.3 is 5.11 Å². The Morgan fingerprint density at radius 3 is 2.78 bits per heavy atom. The highest BCUT2D eigenvalue weighted by atomic mass is 32.2. The normalized spacial score (nSPS) is 25.0. The van der Waals surface area contributed by atoms with Crippen molar-refractivity contribution in [2.75, 3.05) is 13.1 Å². The predicted octanol–water partition coefficient (Wildman–Crippen LogP) is 2.11. The van der Waals surface area contributed by atoms with Gasteiger partial charge in [0, 0.05) is 36.3 Å². The van der Waals surface area contributed by atoms with Gasteiger partial charge in [0.2, 0.25) is 0 Å². The van der Waals surface area contributed by atoms with E-state index in [9.17, 15) is 4.79 Å². The number of nitrogens with zero attached hydrogens (tertiary/aromatic N) is 2. The number of hydrogen-bond acceptors (Lipinski definition) is 4. The van der Waals surface area contributed by atoms with Crippen LogP contribution in [0.15, 0.2) is 18.3 Å². The maximum atomic E-state index is 11.1. The average molecular weight is 266 g/mol. The molecule has 0 spiro atoms. The first-order valence-corrected chi connectivity index (χ1v) is 7.05. The zero-order valence-electron chi connectivity index (χ0n) is 10.7. The molecule has 0 aliphatic carbocycles. The summed E-state index contributed by atoms with van der Waals surface area (Å²) in [6.45, 7) is 7.03. The second-order valence-electron chi connectivity index (χ2n) is 4.75. The smallest absolute Gasteiger partial charge is 0.337 e. The second kappa shape index (κ2) is 5.71. The molecule has 0 amide bonds. The molecule has 1 aromatic rings. The van der Waals surface area contributed by atoms with Crippen molar-refractivity contribution in [2.45, 2.75) is 30.9 Å². The number of thioether (sulfide) groups is 1. The Hall–Kier alpha value is -1.07. The summed E-state index contributed by atoms with van der Waals surface area (Å²) >= 11 is 1.99. The molecular weight excluding hydrogens is 248 g/mol. The van der Waals surface area contributed by atoms with E-state index in [4.69, 9.17) is 5.11 Å². The molecule has 2 atom stereocenters. The first-order valence-electron chi connectivity index (χ1n) is 6.11. The standard InChI is InChI=1S/C13H18N2O2S/c1-9-6-15(7-10(2)18-9)8-12-11(13(16)17)4-3-5-14-12/h3-5,9-10H,6-8H2,1-2H3,(H,16,17). The number of carbonyl (C=O) groups is 1.